The zero-order valence-electron chi connectivity index (χ0n) is 11.1. The van der Waals surface area contributed by atoms with Crippen LogP contribution in [0.1, 0.15) is 11.4 Å². The van der Waals surface area contributed by atoms with Gasteiger partial charge in [0.1, 0.15) is 5.82 Å². The quantitative estimate of drug-likeness (QED) is 0.476. The molecule has 0 saturated heterocycles. The maximum atomic E-state index is 8.74. The monoisotopic (exact) mass is 407 g/mol. The van der Waals surface area contributed by atoms with Gasteiger partial charge in [-0.25, -0.2) is 4.98 Å². The molecule has 0 bridgehead atoms. The number of hydrogen-bond donors (Lipinski definition) is 0. The van der Waals surface area contributed by atoms with Crippen LogP contribution < -0.4 is 0 Å². The first-order valence-electron chi connectivity index (χ1n) is 6.42. The van der Waals surface area contributed by atoms with Crippen LogP contribution in [0.3, 0.4) is 0 Å². The van der Waals surface area contributed by atoms with Crippen molar-refractivity contribution in [2.24, 2.45) is 0 Å². The standard InChI is InChI=1S/C16H11ClIN3/c17-10-16-20-14-9-12(18)3-6-15(14)21(16)13-4-1-11(2-5-13)7-8-19/h1-6,9H,7,10H2. The lowest BCUT2D eigenvalue weighted by molar-refractivity contribution is 0.980. The largest absolute Gasteiger partial charge is 0.295 e. The average molecular weight is 408 g/mol. The molecule has 0 aliphatic heterocycles. The van der Waals surface area contributed by atoms with Crippen LogP contribution in [0.15, 0.2) is 42.5 Å². The summed E-state index contributed by atoms with van der Waals surface area (Å²) >= 11 is 8.32. The van der Waals surface area contributed by atoms with Gasteiger partial charge in [-0.2, -0.15) is 5.26 Å². The number of fused-ring (bicyclic) bond motifs is 1. The van der Waals surface area contributed by atoms with E-state index in [0.717, 1.165) is 31.7 Å². The molecule has 0 fully saturated rings. The third kappa shape index (κ3) is 2.76. The minimum absolute atomic E-state index is 0.352. The molecule has 2 aromatic carbocycles. The Hall–Kier alpha value is -1.58. The lowest BCUT2D eigenvalue weighted by atomic mass is 10.1. The van der Waals surface area contributed by atoms with Crippen molar-refractivity contribution >= 4 is 45.2 Å². The van der Waals surface area contributed by atoms with E-state index in [9.17, 15) is 0 Å². The molecule has 104 valence electrons. The van der Waals surface area contributed by atoms with Gasteiger partial charge in [0.05, 0.1) is 29.4 Å². The van der Waals surface area contributed by atoms with Gasteiger partial charge in [-0.1, -0.05) is 12.1 Å². The highest BCUT2D eigenvalue weighted by Gasteiger charge is 2.11. The van der Waals surface area contributed by atoms with Gasteiger partial charge in [0.15, 0.2) is 0 Å². The summed E-state index contributed by atoms with van der Waals surface area (Å²) in [5, 5.41) is 8.74. The van der Waals surface area contributed by atoms with Crippen LogP contribution in [0.2, 0.25) is 0 Å². The summed E-state index contributed by atoms with van der Waals surface area (Å²) in [6.45, 7) is 0. The summed E-state index contributed by atoms with van der Waals surface area (Å²) in [7, 11) is 0. The Balaban J connectivity index is 2.16. The molecule has 0 saturated carbocycles. The fraction of sp³-hybridized carbons (Fsp3) is 0.125. The third-order valence-corrected chi connectivity index (χ3v) is 4.19. The van der Waals surface area contributed by atoms with Crippen molar-refractivity contribution in [2.75, 3.05) is 0 Å². The molecule has 1 heterocycles. The van der Waals surface area contributed by atoms with E-state index >= 15 is 0 Å². The number of nitriles is 1. The number of aromatic nitrogens is 2. The summed E-state index contributed by atoms with van der Waals surface area (Å²) in [6, 6.07) is 16.3. The zero-order valence-corrected chi connectivity index (χ0v) is 14.0. The van der Waals surface area contributed by atoms with Crippen LogP contribution in [-0.2, 0) is 12.3 Å². The summed E-state index contributed by atoms with van der Waals surface area (Å²) < 4.78 is 3.21. The number of hydrogen-bond acceptors (Lipinski definition) is 2. The van der Waals surface area contributed by atoms with Crippen LogP contribution in [0, 0.1) is 14.9 Å². The molecule has 3 rings (SSSR count). The van der Waals surface area contributed by atoms with Crippen molar-refractivity contribution in [2.45, 2.75) is 12.3 Å². The Bertz CT molecular complexity index is 831. The second-order valence-electron chi connectivity index (χ2n) is 4.63. The SMILES string of the molecule is N#CCc1ccc(-n2c(CCl)nc3cc(I)ccc32)cc1. The molecule has 0 unspecified atom stereocenters. The molecular weight excluding hydrogens is 397 g/mol. The van der Waals surface area contributed by atoms with Gasteiger partial charge >= 0.3 is 0 Å². The lowest BCUT2D eigenvalue weighted by Gasteiger charge is -2.08. The fourth-order valence-electron chi connectivity index (χ4n) is 2.34. The van der Waals surface area contributed by atoms with Crippen molar-refractivity contribution in [3.05, 3.63) is 57.4 Å². The molecular formula is C16H11ClIN3. The number of alkyl halides is 1. The summed E-state index contributed by atoms with van der Waals surface area (Å²) in [5.41, 5.74) is 4.00. The molecule has 3 aromatic rings. The first-order valence-corrected chi connectivity index (χ1v) is 8.03. The number of benzene rings is 2. The second-order valence-corrected chi connectivity index (χ2v) is 6.14. The van der Waals surface area contributed by atoms with Crippen molar-refractivity contribution in [1.29, 1.82) is 5.26 Å². The number of halogens is 2. The van der Waals surface area contributed by atoms with Crippen molar-refractivity contribution < 1.29 is 0 Å². The summed E-state index contributed by atoms with van der Waals surface area (Å²) in [4.78, 5) is 4.60. The van der Waals surface area contributed by atoms with E-state index in [0.29, 0.717) is 12.3 Å². The van der Waals surface area contributed by atoms with Gasteiger partial charge < -0.3 is 0 Å². The highest BCUT2D eigenvalue weighted by atomic mass is 127. The predicted molar refractivity (Wildman–Crippen MR) is 92.7 cm³/mol. The van der Waals surface area contributed by atoms with Crippen molar-refractivity contribution in [3.8, 4) is 11.8 Å². The van der Waals surface area contributed by atoms with Crippen LogP contribution >= 0.6 is 34.2 Å². The first kappa shape index (κ1) is 14.4. The Labute approximate surface area is 141 Å². The average Bonchev–Trinajstić information content (AvgIpc) is 2.86. The highest BCUT2D eigenvalue weighted by Crippen LogP contribution is 2.24. The van der Waals surface area contributed by atoms with Crippen LogP contribution in [-0.4, -0.2) is 9.55 Å². The van der Waals surface area contributed by atoms with E-state index in [-0.39, 0.29) is 0 Å². The van der Waals surface area contributed by atoms with E-state index < -0.39 is 0 Å². The molecule has 21 heavy (non-hydrogen) atoms. The van der Waals surface area contributed by atoms with E-state index in [1.807, 2.05) is 30.3 Å². The van der Waals surface area contributed by atoms with Crippen molar-refractivity contribution in [3.63, 3.8) is 0 Å². The van der Waals surface area contributed by atoms with Gasteiger partial charge in [0.25, 0.3) is 0 Å². The fourth-order valence-corrected chi connectivity index (χ4v) is 2.99. The van der Waals surface area contributed by atoms with E-state index in [1.54, 1.807) is 0 Å². The van der Waals surface area contributed by atoms with Crippen molar-refractivity contribution in [1.82, 2.24) is 9.55 Å². The second kappa shape index (κ2) is 6.04. The van der Waals surface area contributed by atoms with Gasteiger partial charge in [0, 0.05) is 9.26 Å². The highest BCUT2D eigenvalue weighted by molar-refractivity contribution is 14.1. The summed E-state index contributed by atoms with van der Waals surface area (Å²) in [6.07, 6.45) is 0.422. The molecule has 0 amide bonds. The number of rotatable bonds is 3. The number of nitrogens with zero attached hydrogens (tertiary/aromatic N) is 3. The van der Waals surface area contributed by atoms with E-state index in [1.165, 1.54) is 0 Å². The molecule has 0 N–H and O–H groups in total. The predicted octanol–water partition coefficient (Wildman–Crippen LogP) is 4.43. The molecule has 0 radical (unpaired) electrons. The Morgan fingerprint density at radius 3 is 2.62 bits per heavy atom. The maximum absolute atomic E-state index is 8.74. The van der Waals surface area contributed by atoms with Gasteiger partial charge in [-0.3, -0.25) is 4.57 Å². The van der Waals surface area contributed by atoms with E-state index in [2.05, 4.69) is 50.3 Å². The van der Waals surface area contributed by atoms with E-state index in [4.69, 9.17) is 16.9 Å². The van der Waals surface area contributed by atoms with Gasteiger partial charge in [0.2, 0.25) is 0 Å². The third-order valence-electron chi connectivity index (χ3n) is 3.28. The minimum Gasteiger partial charge on any atom is -0.295 e. The maximum Gasteiger partial charge on any atom is 0.129 e. The molecule has 0 aliphatic carbocycles. The first-order chi connectivity index (χ1) is 10.2. The Morgan fingerprint density at radius 1 is 1.19 bits per heavy atom. The Kier molecular flexibility index (Phi) is 4.13. The Morgan fingerprint density at radius 2 is 1.95 bits per heavy atom. The number of imidazole rings is 1. The topological polar surface area (TPSA) is 41.6 Å². The molecule has 0 atom stereocenters. The molecule has 0 spiro atoms. The van der Waals surface area contributed by atoms with Gasteiger partial charge in [-0.05, 0) is 58.5 Å². The zero-order chi connectivity index (χ0) is 14.8. The molecule has 0 aliphatic rings. The van der Waals surface area contributed by atoms with Gasteiger partial charge in [-0.15, -0.1) is 11.6 Å². The smallest absolute Gasteiger partial charge is 0.129 e. The summed E-state index contributed by atoms with van der Waals surface area (Å²) in [5.74, 6) is 1.17. The van der Waals surface area contributed by atoms with Crippen LogP contribution in [0.25, 0.3) is 16.7 Å². The van der Waals surface area contributed by atoms with Crippen LogP contribution in [0.5, 0.6) is 0 Å². The lowest BCUT2D eigenvalue weighted by Crippen LogP contribution is -1.99. The molecule has 3 nitrogen and oxygen atoms in total. The molecule has 5 heteroatoms. The minimum atomic E-state index is 0.352. The normalized spacial score (nSPS) is 10.7. The molecule has 1 aromatic heterocycles. The van der Waals surface area contributed by atoms with Crippen LogP contribution in [0.4, 0.5) is 0 Å².